The fourth-order valence-electron chi connectivity index (χ4n) is 3.09. The van der Waals surface area contributed by atoms with E-state index in [0.717, 1.165) is 17.9 Å². The Bertz CT molecular complexity index is 657. The maximum atomic E-state index is 12.9. The minimum Gasteiger partial charge on any atom is -0.494 e. The molecular formula is C20H24O3. The molecule has 1 aliphatic heterocycles. The molecule has 3 nitrogen and oxygen atoms in total. The molecule has 1 aromatic rings. The summed E-state index contributed by atoms with van der Waals surface area (Å²) in [6, 6.07) is 5.55. The highest BCUT2D eigenvalue weighted by Gasteiger charge is 2.44. The molecule has 3 heteroatoms. The van der Waals surface area contributed by atoms with Gasteiger partial charge in [-0.25, -0.2) is 0 Å². The number of rotatable bonds is 6. The minimum absolute atomic E-state index is 0.116. The van der Waals surface area contributed by atoms with Crippen LogP contribution >= 0.6 is 0 Å². The molecule has 0 bridgehead atoms. The average Bonchev–Trinajstić information content (AvgIpc) is 2.56. The summed E-state index contributed by atoms with van der Waals surface area (Å²) in [6.45, 7) is 4.84. The zero-order chi connectivity index (χ0) is 16.3. The molecule has 0 N–H and O–H groups in total. The van der Waals surface area contributed by atoms with Crippen LogP contribution in [0.15, 0.2) is 42.2 Å². The summed E-state index contributed by atoms with van der Waals surface area (Å²) in [5, 5.41) is 0. The van der Waals surface area contributed by atoms with Gasteiger partial charge in [-0.15, -0.1) is 0 Å². The lowest BCUT2D eigenvalue weighted by molar-refractivity contribution is 0.0774. The Morgan fingerprint density at radius 2 is 2.13 bits per heavy atom. The number of hydrogen-bond acceptors (Lipinski definition) is 3. The number of carbonyl (C=O) groups is 1. The molecule has 1 unspecified atom stereocenters. The lowest BCUT2D eigenvalue weighted by Crippen LogP contribution is -2.37. The second-order valence-corrected chi connectivity index (χ2v) is 6.49. The molecule has 1 aliphatic carbocycles. The van der Waals surface area contributed by atoms with Gasteiger partial charge in [-0.3, -0.25) is 4.79 Å². The van der Waals surface area contributed by atoms with Crippen molar-refractivity contribution in [1.82, 2.24) is 0 Å². The molecule has 1 atom stereocenters. The van der Waals surface area contributed by atoms with Gasteiger partial charge in [-0.1, -0.05) is 38.3 Å². The van der Waals surface area contributed by atoms with E-state index in [0.29, 0.717) is 24.3 Å². The van der Waals surface area contributed by atoms with Crippen molar-refractivity contribution in [3.05, 3.63) is 47.7 Å². The minimum atomic E-state index is -0.582. The molecule has 23 heavy (non-hydrogen) atoms. The number of carbonyl (C=O) groups excluding carboxylic acids is 1. The molecule has 122 valence electrons. The third-order valence-corrected chi connectivity index (χ3v) is 4.64. The van der Waals surface area contributed by atoms with Crippen molar-refractivity contribution >= 4 is 5.78 Å². The number of unbranched alkanes of at least 4 members (excludes halogenated alkanes) is 3. The first kappa shape index (κ1) is 15.9. The van der Waals surface area contributed by atoms with Crippen LogP contribution in [0.3, 0.4) is 0 Å². The van der Waals surface area contributed by atoms with Crippen LogP contribution in [0, 0.1) is 5.41 Å². The van der Waals surface area contributed by atoms with E-state index in [1.165, 1.54) is 19.3 Å². The molecule has 0 radical (unpaired) electrons. The molecule has 2 aliphatic rings. The number of ketones is 1. The van der Waals surface area contributed by atoms with Crippen LogP contribution in [-0.4, -0.2) is 12.4 Å². The first-order chi connectivity index (χ1) is 11.1. The number of ether oxygens (including phenoxy) is 2. The SMILES string of the molecule is CCCCCCOc1ccc2c(c1)C(=O)C1(C)CC=CC=C1O2. The summed E-state index contributed by atoms with van der Waals surface area (Å²) < 4.78 is 11.8. The molecule has 0 saturated carbocycles. The largest absolute Gasteiger partial charge is 0.494 e. The van der Waals surface area contributed by atoms with Crippen LogP contribution in [0.25, 0.3) is 0 Å². The monoisotopic (exact) mass is 312 g/mol. The predicted molar refractivity (Wildman–Crippen MR) is 91.0 cm³/mol. The maximum Gasteiger partial charge on any atom is 0.180 e. The highest BCUT2D eigenvalue weighted by atomic mass is 16.5. The molecular weight excluding hydrogens is 288 g/mol. The van der Waals surface area contributed by atoms with Crippen molar-refractivity contribution in [2.45, 2.75) is 46.0 Å². The lowest BCUT2D eigenvalue weighted by Gasteiger charge is -2.36. The van der Waals surface area contributed by atoms with Crippen molar-refractivity contribution in [2.24, 2.45) is 5.41 Å². The summed E-state index contributed by atoms with van der Waals surface area (Å²) in [7, 11) is 0. The number of benzene rings is 1. The van der Waals surface area contributed by atoms with E-state index in [4.69, 9.17) is 9.47 Å². The Hall–Kier alpha value is -2.03. The molecule has 3 rings (SSSR count). The Kier molecular flexibility index (Phi) is 4.56. The smallest absolute Gasteiger partial charge is 0.180 e. The highest BCUT2D eigenvalue weighted by molar-refractivity contribution is 6.06. The van der Waals surface area contributed by atoms with Crippen molar-refractivity contribution in [3.8, 4) is 11.5 Å². The first-order valence-corrected chi connectivity index (χ1v) is 8.52. The molecule has 0 fully saturated rings. The van der Waals surface area contributed by atoms with E-state index in [9.17, 15) is 4.79 Å². The molecule has 1 aromatic carbocycles. The standard InChI is InChI=1S/C20H24O3/c1-3-4-5-8-13-22-15-10-11-17-16(14-15)19(21)20(2)12-7-6-9-18(20)23-17/h6-7,9-11,14H,3-5,8,12-13H2,1-2H3. The van der Waals surface area contributed by atoms with Gasteiger partial charge in [0.05, 0.1) is 17.6 Å². The fraction of sp³-hybridized carbons (Fsp3) is 0.450. The number of fused-ring (bicyclic) bond motifs is 2. The van der Waals surface area contributed by atoms with E-state index >= 15 is 0 Å². The summed E-state index contributed by atoms with van der Waals surface area (Å²) >= 11 is 0. The Morgan fingerprint density at radius 1 is 1.26 bits per heavy atom. The van der Waals surface area contributed by atoms with Gasteiger partial charge in [0.15, 0.2) is 5.78 Å². The zero-order valence-electron chi connectivity index (χ0n) is 13.9. The molecule has 0 spiro atoms. The predicted octanol–water partition coefficient (Wildman–Crippen LogP) is 5.07. The molecule has 0 saturated heterocycles. The Balaban J connectivity index is 1.75. The van der Waals surface area contributed by atoms with Crippen LogP contribution in [0.4, 0.5) is 0 Å². The van der Waals surface area contributed by atoms with E-state index in [1.807, 2.05) is 43.4 Å². The van der Waals surface area contributed by atoms with Gasteiger partial charge in [-0.2, -0.15) is 0 Å². The van der Waals surface area contributed by atoms with Gasteiger partial charge >= 0.3 is 0 Å². The normalized spacial score (nSPS) is 22.0. The van der Waals surface area contributed by atoms with E-state index in [1.54, 1.807) is 0 Å². The molecule has 0 aromatic heterocycles. The van der Waals surface area contributed by atoms with Gasteiger partial charge < -0.3 is 9.47 Å². The second-order valence-electron chi connectivity index (χ2n) is 6.49. The Morgan fingerprint density at radius 3 is 2.96 bits per heavy atom. The second kappa shape index (κ2) is 6.61. The summed E-state index contributed by atoms with van der Waals surface area (Å²) in [5.41, 5.74) is 0.0487. The van der Waals surface area contributed by atoms with Crippen LogP contribution in [0.5, 0.6) is 11.5 Å². The zero-order valence-corrected chi connectivity index (χ0v) is 13.9. The molecule has 0 amide bonds. The van der Waals surface area contributed by atoms with Crippen LogP contribution < -0.4 is 9.47 Å². The summed E-state index contributed by atoms with van der Waals surface area (Å²) in [5.74, 6) is 2.24. The first-order valence-electron chi connectivity index (χ1n) is 8.52. The van der Waals surface area contributed by atoms with Crippen LogP contribution in [0.1, 0.15) is 56.3 Å². The van der Waals surface area contributed by atoms with E-state index in [2.05, 4.69) is 6.92 Å². The highest BCUT2D eigenvalue weighted by Crippen LogP contribution is 2.45. The van der Waals surface area contributed by atoms with Gasteiger partial charge in [0.1, 0.15) is 17.3 Å². The van der Waals surface area contributed by atoms with Crippen LogP contribution in [0.2, 0.25) is 0 Å². The average molecular weight is 312 g/mol. The number of hydrogen-bond donors (Lipinski definition) is 0. The third-order valence-electron chi connectivity index (χ3n) is 4.64. The van der Waals surface area contributed by atoms with Gasteiger partial charge in [0.2, 0.25) is 0 Å². The third kappa shape index (κ3) is 3.05. The van der Waals surface area contributed by atoms with Crippen LogP contribution in [-0.2, 0) is 0 Å². The number of Topliss-reactive ketones (excluding diaryl/α,β-unsaturated/α-hetero) is 1. The topological polar surface area (TPSA) is 35.5 Å². The van der Waals surface area contributed by atoms with Crippen molar-refractivity contribution in [3.63, 3.8) is 0 Å². The molecule has 1 heterocycles. The van der Waals surface area contributed by atoms with Gasteiger partial charge in [0, 0.05) is 0 Å². The summed E-state index contributed by atoms with van der Waals surface area (Å²) in [4.78, 5) is 12.9. The van der Waals surface area contributed by atoms with E-state index < -0.39 is 5.41 Å². The Labute approximate surface area is 138 Å². The van der Waals surface area contributed by atoms with Gasteiger partial charge in [0.25, 0.3) is 0 Å². The van der Waals surface area contributed by atoms with Gasteiger partial charge in [-0.05, 0) is 44.0 Å². The lowest BCUT2D eigenvalue weighted by atomic mass is 9.74. The number of allylic oxidation sites excluding steroid dienone is 4. The van der Waals surface area contributed by atoms with Crippen molar-refractivity contribution in [2.75, 3.05) is 6.61 Å². The quantitative estimate of drug-likeness (QED) is 0.688. The fourth-order valence-corrected chi connectivity index (χ4v) is 3.09. The van der Waals surface area contributed by atoms with Crippen molar-refractivity contribution < 1.29 is 14.3 Å². The van der Waals surface area contributed by atoms with E-state index in [-0.39, 0.29) is 5.78 Å². The summed E-state index contributed by atoms with van der Waals surface area (Å²) in [6.07, 6.45) is 11.2. The maximum absolute atomic E-state index is 12.9. The van der Waals surface area contributed by atoms with Crippen molar-refractivity contribution in [1.29, 1.82) is 0 Å².